The summed E-state index contributed by atoms with van der Waals surface area (Å²) < 4.78 is 26.9. The van der Waals surface area contributed by atoms with Gasteiger partial charge in [-0.2, -0.15) is 4.31 Å². The normalized spacial score (nSPS) is 18.9. The number of carbonyl (C=O) groups excluding carboxylic acids is 1. The number of hydrogen-bond donors (Lipinski definition) is 1. The van der Waals surface area contributed by atoms with E-state index in [9.17, 15) is 13.2 Å². The van der Waals surface area contributed by atoms with Crippen molar-refractivity contribution in [2.45, 2.75) is 37.6 Å². The minimum absolute atomic E-state index is 0.0995. The van der Waals surface area contributed by atoms with Crippen molar-refractivity contribution in [3.8, 4) is 0 Å². The Bertz CT molecular complexity index is 1090. The van der Waals surface area contributed by atoms with Gasteiger partial charge < -0.3 is 10.2 Å². The average molecular weight is 491 g/mol. The van der Waals surface area contributed by atoms with Crippen LogP contribution in [-0.4, -0.2) is 68.8 Å². The van der Waals surface area contributed by atoms with Crippen LogP contribution in [0.1, 0.15) is 25.3 Å². The van der Waals surface area contributed by atoms with Crippen LogP contribution in [0.4, 0.5) is 11.4 Å². The summed E-state index contributed by atoms with van der Waals surface area (Å²) in [5.74, 6) is -0.0995. The molecule has 9 heteroatoms. The molecule has 0 aliphatic carbocycles. The van der Waals surface area contributed by atoms with Gasteiger partial charge in [-0.1, -0.05) is 17.7 Å². The van der Waals surface area contributed by atoms with E-state index < -0.39 is 10.0 Å². The van der Waals surface area contributed by atoms with Crippen LogP contribution >= 0.6 is 11.6 Å². The molecule has 2 aromatic carbocycles. The maximum absolute atomic E-state index is 12.8. The van der Waals surface area contributed by atoms with E-state index in [2.05, 4.69) is 22.0 Å². The summed E-state index contributed by atoms with van der Waals surface area (Å²) in [6.07, 6.45) is 1.80. The Morgan fingerprint density at radius 2 is 1.61 bits per heavy atom. The first-order valence-corrected chi connectivity index (χ1v) is 13.2. The quantitative estimate of drug-likeness (QED) is 0.670. The highest BCUT2D eigenvalue weighted by Crippen LogP contribution is 2.26. The number of hydrogen-bond acceptors (Lipinski definition) is 5. The lowest BCUT2D eigenvalue weighted by atomic mass is 10.1. The Hall–Kier alpha value is -2.13. The highest BCUT2D eigenvalue weighted by molar-refractivity contribution is 7.89. The number of sulfonamides is 1. The molecule has 2 aliphatic heterocycles. The van der Waals surface area contributed by atoms with E-state index >= 15 is 0 Å². The molecule has 2 saturated heterocycles. The number of halogens is 1. The van der Waals surface area contributed by atoms with E-state index in [1.54, 1.807) is 24.3 Å². The molecule has 2 aromatic rings. The first-order chi connectivity index (χ1) is 15.8. The molecule has 0 bridgehead atoms. The Morgan fingerprint density at radius 1 is 0.970 bits per heavy atom. The number of nitrogens with one attached hydrogen (secondary N) is 1. The number of piperazine rings is 1. The van der Waals surface area contributed by atoms with Gasteiger partial charge in [-0.15, -0.1) is 0 Å². The zero-order chi connectivity index (χ0) is 23.6. The number of rotatable bonds is 6. The minimum Gasteiger partial charge on any atom is -0.369 e. The van der Waals surface area contributed by atoms with Gasteiger partial charge >= 0.3 is 0 Å². The summed E-state index contributed by atoms with van der Waals surface area (Å²) in [6.45, 7) is 8.31. The van der Waals surface area contributed by atoms with Crippen LogP contribution < -0.4 is 10.2 Å². The van der Waals surface area contributed by atoms with Crippen LogP contribution in [0.25, 0.3) is 0 Å². The van der Waals surface area contributed by atoms with Crippen molar-refractivity contribution < 1.29 is 13.2 Å². The van der Waals surface area contributed by atoms with Crippen LogP contribution in [0.15, 0.2) is 47.4 Å². The monoisotopic (exact) mass is 490 g/mol. The maximum atomic E-state index is 12.8. The molecule has 2 fully saturated rings. The van der Waals surface area contributed by atoms with E-state index in [1.807, 2.05) is 25.1 Å². The van der Waals surface area contributed by atoms with Gasteiger partial charge in [0.25, 0.3) is 0 Å². The van der Waals surface area contributed by atoms with Gasteiger partial charge in [-0.05, 0) is 68.7 Å². The first-order valence-electron chi connectivity index (χ1n) is 11.4. The summed E-state index contributed by atoms with van der Waals surface area (Å²) in [4.78, 5) is 17.6. The number of carbonyl (C=O) groups is 1. The molecule has 7 nitrogen and oxygen atoms in total. The van der Waals surface area contributed by atoms with Crippen molar-refractivity contribution >= 4 is 38.9 Å². The summed E-state index contributed by atoms with van der Waals surface area (Å²) in [5, 5.41) is 3.65. The van der Waals surface area contributed by atoms with Crippen LogP contribution in [0.3, 0.4) is 0 Å². The van der Waals surface area contributed by atoms with Gasteiger partial charge in [0.2, 0.25) is 15.9 Å². The van der Waals surface area contributed by atoms with E-state index in [4.69, 9.17) is 11.6 Å². The molecule has 2 aliphatic rings. The Kier molecular flexibility index (Phi) is 7.28. The molecule has 33 heavy (non-hydrogen) atoms. The second kappa shape index (κ2) is 10.0. The topological polar surface area (TPSA) is 73.0 Å². The zero-order valence-electron chi connectivity index (χ0n) is 19.1. The molecule has 0 saturated carbocycles. The lowest BCUT2D eigenvalue weighted by Crippen LogP contribution is -2.53. The third kappa shape index (κ3) is 5.35. The average Bonchev–Trinajstić information content (AvgIpc) is 3.37. The number of amides is 1. The van der Waals surface area contributed by atoms with Crippen molar-refractivity contribution in [1.82, 2.24) is 9.21 Å². The number of aryl methyl sites for hydroxylation is 1. The second-order valence-electron chi connectivity index (χ2n) is 8.75. The Morgan fingerprint density at radius 3 is 2.24 bits per heavy atom. The molecular weight excluding hydrogens is 460 g/mol. The van der Waals surface area contributed by atoms with Crippen molar-refractivity contribution in [3.63, 3.8) is 0 Å². The van der Waals surface area contributed by atoms with Crippen molar-refractivity contribution in [2.24, 2.45) is 0 Å². The standard InChI is InChI=1S/C24H31ClN4O3S/c1-18-5-6-20(25)17-23(18)28-15-13-27(14-16-28)19(2)24(30)26-21-7-9-22(10-8-21)33(31,32)29-11-3-4-12-29/h5-10,17,19H,3-4,11-16H2,1-2H3,(H,26,30). The van der Waals surface area contributed by atoms with Crippen LogP contribution in [-0.2, 0) is 14.8 Å². The molecule has 4 rings (SSSR count). The van der Waals surface area contributed by atoms with Gasteiger partial charge in [0.15, 0.2) is 0 Å². The molecule has 1 unspecified atom stereocenters. The fourth-order valence-electron chi connectivity index (χ4n) is 4.47. The molecule has 178 valence electrons. The number of anilines is 2. The smallest absolute Gasteiger partial charge is 0.243 e. The lowest BCUT2D eigenvalue weighted by molar-refractivity contribution is -0.120. The largest absolute Gasteiger partial charge is 0.369 e. The molecule has 0 radical (unpaired) electrons. The van der Waals surface area contributed by atoms with Gasteiger partial charge in [0, 0.05) is 55.7 Å². The van der Waals surface area contributed by atoms with Crippen LogP contribution in [0.5, 0.6) is 0 Å². The molecule has 1 atom stereocenters. The number of nitrogens with zero attached hydrogens (tertiary/aromatic N) is 3. The fraction of sp³-hybridized carbons (Fsp3) is 0.458. The predicted molar refractivity (Wildman–Crippen MR) is 133 cm³/mol. The Labute approximate surface area is 201 Å². The van der Waals surface area contributed by atoms with E-state index in [-0.39, 0.29) is 16.8 Å². The summed E-state index contributed by atoms with van der Waals surface area (Å²) in [6, 6.07) is 12.1. The first kappa shape index (κ1) is 24.0. The third-order valence-electron chi connectivity index (χ3n) is 6.58. The number of benzene rings is 2. The van der Waals surface area contributed by atoms with E-state index in [1.165, 1.54) is 9.87 Å². The maximum Gasteiger partial charge on any atom is 0.243 e. The summed E-state index contributed by atoms with van der Waals surface area (Å²) in [7, 11) is -3.45. The molecule has 0 spiro atoms. The lowest BCUT2D eigenvalue weighted by Gasteiger charge is -2.39. The van der Waals surface area contributed by atoms with Crippen molar-refractivity contribution in [2.75, 3.05) is 49.5 Å². The van der Waals surface area contributed by atoms with E-state index in [0.717, 1.165) is 49.7 Å². The highest BCUT2D eigenvalue weighted by Gasteiger charge is 2.28. The van der Waals surface area contributed by atoms with Gasteiger partial charge in [-0.3, -0.25) is 9.69 Å². The zero-order valence-corrected chi connectivity index (χ0v) is 20.7. The predicted octanol–water partition coefficient (Wildman–Crippen LogP) is 3.58. The van der Waals surface area contributed by atoms with Gasteiger partial charge in [0.05, 0.1) is 10.9 Å². The van der Waals surface area contributed by atoms with Crippen LogP contribution in [0, 0.1) is 6.92 Å². The SMILES string of the molecule is Cc1ccc(Cl)cc1N1CCN(C(C)C(=O)Nc2ccc(S(=O)(=O)N3CCCC3)cc2)CC1. The summed E-state index contributed by atoms with van der Waals surface area (Å²) in [5.41, 5.74) is 2.93. The third-order valence-corrected chi connectivity index (χ3v) is 8.73. The second-order valence-corrected chi connectivity index (χ2v) is 11.1. The molecular formula is C24H31ClN4O3S. The molecule has 1 amide bonds. The van der Waals surface area contributed by atoms with Crippen LogP contribution in [0.2, 0.25) is 5.02 Å². The molecule has 2 heterocycles. The summed E-state index contributed by atoms with van der Waals surface area (Å²) >= 11 is 6.18. The molecule has 0 aromatic heterocycles. The Balaban J connectivity index is 1.33. The van der Waals surface area contributed by atoms with Gasteiger partial charge in [0.1, 0.15) is 0 Å². The van der Waals surface area contributed by atoms with Crippen molar-refractivity contribution in [1.29, 1.82) is 0 Å². The minimum atomic E-state index is -3.45. The molecule has 1 N–H and O–H groups in total. The van der Waals surface area contributed by atoms with E-state index in [0.29, 0.717) is 18.8 Å². The van der Waals surface area contributed by atoms with Gasteiger partial charge in [-0.25, -0.2) is 8.42 Å². The fourth-order valence-corrected chi connectivity index (χ4v) is 6.16. The van der Waals surface area contributed by atoms with Crippen molar-refractivity contribution in [3.05, 3.63) is 53.1 Å². The highest BCUT2D eigenvalue weighted by atomic mass is 35.5.